The van der Waals surface area contributed by atoms with Crippen LogP contribution in [0.25, 0.3) is 5.57 Å². The lowest BCUT2D eigenvalue weighted by atomic mass is 9.94. The molecule has 1 aromatic rings. The van der Waals surface area contributed by atoms with E-state index in [-0.39, 0.29) is 5.56 Å². The van der Waals surface area contributed by atoms with Crippen molar-refractivity contribution in [2.24, 2.45) is 16.5 Å². The number of nitrogens with one attached hydrogen (secondary N) is 4. The van der Waals surface area contributed by atoms with Crippen molar-refractivity contribution < 1.29 is 13.6 Å². The molecule has 2 heterocycles. The second-order valence-electron chi connectivity index (χ2n) is 9.44. The fraction of sp³-hybridized carbons (Fsp3) is 0.556. The molecule has 0 saturated carbocycles. The monoisotopic (exact) mass is 534 g/mol. The van der Waals surface area contributed by atoms with E-state index in [1.807, 2.05) is 21.0 Å². The van der Waals surface area contributed by atoms with E-state index in [9.17, 15) is 13.6 Å². The van der Waals surface area contributed by atoms with E-state index in [2.05, 4.69) is 26.3 Å². The van der Waals surface area contributed by atoms with E-state index in [0.717, 1.165) is 49.2 Å². The average Bonchev–Trinajstić information content (AvgIpc) is 3.42. The van der Waals surface area contributed by atoms with Crippen molar-refractivity contribution in [3.8, 4) is 0 Å². The molecule has 0 radical (unpaired) electrons. The van der Waals surface area contributed by atoms with Crippen molar-refractivity contribution in [2.75, 3.05) is 52.6 Å². The summed E-state index contributed by atoms with van der Waals surface area (Å²) in [5.74, 6) is 0. The van der Waals surface area contributed by atoms with E-state index in [0.29, 0.717) is 48.8 Å². The zero-order chi connectivity index (χ0) is 28.1. The SMILES string of the molecule is CCCc1cc(/C(C=NC)=C/N)c(C(F)F)cc1NC(N)C1=C(NC2CCNC2)CCN(C=O)C1.CNC. The second-order valence-corrected chi connectivity index (χ2v) is 9.44. The maximum atomic E-state index is 14.1. The van der Waals surface area contributed by atoms with Gasteiger partial charge in [0.15, 0.2) is 0 Å². The van der Waals surface area contributed by atoms with E-state index < -0.39 is 12.6 Å². The number of hydrogen-bond acceptors (Lipinski definition) is 8. The standard InChI is InChI=1S/C25H37F2N7O.C2H7N/c1-3-4-16-9-19(17(11-28)12-30-2)20(24(26)27)10-23(16)33-25(29)21-14-34(15-35)8-6-22(21)32-18-5-7-31-13-18;1-3-2/h9-12,15,18,24-25,31-33H,3-8,13-14,28-29H2,1-2H3;3H,1-2H3/b17-11+,30-12?;. The molecule has 11 heteroatoms. The summed E-state index contributed by atoms with van der Waals surface area (Å²) >= 11 is 0. The van der Waals surface area contributed by atoms with Crippen LogP contribution < -0.4 is 32.7 Å². The van der Waals surface area contributed by atoms with Crippen LogP contribution in [0.3, 0.4) is 0 Å². The van der Waals surface area contributed by atoms with Gasteiger partial charge in [0.1, 0.15) is 6.17 Å². The van der Waals surface area contributed by atoms with Crippen molar-refractivity contribution in [3.05, 3.63) is 46.3 Å². The Morgan fingerprint density at radius 3 is 2.63 bits per heavy atom. The number of aryl methyl sites for hydroxylation is 1. The molecular weight excluding hydrogens is 490 g/mol. The number of allylic oxidation sites excluding steroid dienone is 1. The lowest BCUT2D eigenvalue weighted by molar-refractivity contribution is -0.118. The molecule has 2 aliphatic rings. The third kappa shape index (κ3) is 8.50. The van der Waals surface area contributed by atoms with Crippen LogP contribution in [0, 0.1) is 0 Å². The van der Waals surface area contributed by atoms with Gasteiger partial charge in [-0.2, -0.15) is 0 Å². The van der Waals surface area contributed by atoms with Gasteiger partial charge >= 0.3 is 0 Å². The van der Waals surface area contributed by atoms with Gasteiger partial charge in [0.05, 0.1) is 0 Å². The third-order valence-corrected chi connectivity index (χ3v) is 6.47. The lowest BCUT2D eigenvalue weighted by Crippen LogP contribution is -2.45. The minimum Gasteiger partial charge on any atom is -0.404 e. The zero-order valence-electron chi connectivity index (χ0n) is 23.0. The highest BCUT2D eigenvalue weighted by atomic mass is 19.3. The number of nitrogens with two attached hydrogens (primary N) is 2. The van der Waals surface area contributed by atoms with Crippen LogP contribution in [-0.4, -0.2) is 77.1 Å². The molecule has 2 unspecified atom stereocenters. The normalized spacial score (nSPS) is 19.0. The molecule has 1 saturated heterocycles. The number of carbonyl (C=O) groups excluding carboxylic acids is 1. The van der Waals surface area contributed by atoms with Gasteiger partial charge in [0.25, 0.3) is 6.43 Å². The highest BCUT2D eigenvalue weighted by molar-refractivity contribution is 6.10. The van der Waals surface area contributed by atoms with Crippen LogP contribution >= 0.6 is 0 Å². The Labute approximate surface area is 225 Å². The fourth-order valence-electron chi connectivity index (χ4n) is 4.67. The van der Waals surface area contributed by atoms with Crippen molar-refractivity contribution in [1.29, 1.82) is 0 Å². The maximum Gasteiger partial charge on any atom is 0.264 e. The Morgan fingerprint density at radius 1 is 1.34 bits per heavy atom. The second kappa shape index (κ2) is 16.1. The van der Waals surface area contributed by atoms with Crippen molar-refractivity contribution in [2.45, 2.75) is 51.2 Å². The number of hydrogen-bond donors (Lipinski definition) is 6. The summed E-state index contributed by atoms with van der Waals surface area (Å²) in [5.41, 5.74) is 16.3. The minimum absolute atomic E-state index is 0.140. The largest absolute Gasteiger partial charge is 0.404 e. The third-order valence-electron chi connectivity index (χ3n) is 6.47. The van der Waals surface area contributed by atoms with Gasteiger partial charge < -0.3 is 37.6 Å². The molecule has 0 aliphatic carbocycles. The van der Waals surface area contributed by atoms with Crippen LogP contribution in [0.4, 0.5) is 14.5 Å². The van der Waals surface area contributed by atoms with E-state index >= 15 is 0 Å². The summed E-state index contributed by atoms with van der Waals surface area (Å²) in [6, 6.07) is 3.51. The number of halogens is 2. The topological polar surface area (TPSA) is 133 Å². The first-order chi connectivity index (χ1) is 18.3. The van der Waals surface area contributed by atoms with Gasteiger partial charge in [-0.1, -0.05) is 13.3 Å². The molecule has 212 valence electrons. The first-order valence-corrected chi connectivity index (χ1v) is 13.1. The Bertz CT molecular complexity index is 990. The lowest BCUT2D eigenvalue weighted by Gasteiger charge is -2.33. The van der Waals surface area contributed by atoms with Gasteiger partial charge in [-0.25, -0.2) is 8.78 Å². The summed E-state index contributed by atoms with van der Waals surface area (Å²) in [6.45, 7) is 4.85. The number of nitrogens with zero attached hydrogens (tertiary/aromatic N) is 2. The maximum absolute atomic E-state index is 14.1. The molecule has 3 rings (SSSR count). The van der Waals surface area contributed by atoms with Crippen LogP contribution in [0.1, 0.15) is 49.3 Å². The predicted octanol–water partition coefficient (Wildman–Crippen LogP) is 2.18. The Balaban J connectivity index is 0.00000161. The molecule has 2 aliphatic heterocycles. The number of rotatable bonds is 11. The first kappa shape index (κ1) is 31.2. The molecule has 1 amide bonds. The number of alkyl halides is 2. The molecule has 38 heavy (non-hydrogen) atoms. The van der Waals surface area contributed by atoms with Crippen molar-refractivity contribution in [1.82, 2.24) is 20.9 Å². The van der Waals surface area contributed by atoms with Gasteiger partial charge in [0.2, 0.25) is 6.41 Å². The van der Waals surface area contributed by atoms with Crippen LogP contribution in [0.15, 0.2) is 34.6 Å². The average molecular weight is 535 g/mol. The molecular formula is C27H44F2N8O. The Hall–Kier alpha value is -3.02. The molecule has 1 aromatic carbocycles. The molecule has 0 bridgehead atoms. The smallest absolute Gasteiger partial charge is 0.264 e. The summed E-state index contributed by atoms with van der Waals surface area (Å²) in [6.07, 6.45) is 3.41. The molecule has 0 spiro atoms. The summed E-state index contributed by atoms with van der Waals surface area (Å²) in [7, 11) is 5.32. The Morgan fingerprint density at radius 2 is 2.08 bits per heavy atom. The number of amides is 1. The minimum atomic E-state index is -2.70. The van der Waals surface area contributed by atoms with E-state index in [1.165, 1.54) is 18.5 Å². The number of aliphatic imine (C=N–C) groups is 1. The van der Waals surface area contributed by atoms with E-state index in [1.54, 1.807) is 18.0 Å². The fourth-order valence-corrected chi connectivity index (χ4v) is 4.67. The van der Waals surface area contributed by atoms with Gasteiger partial charge in [0, 0.05) is 79.7 Å². The van der Waals surface area contributed by atoms with Crippen LogP contribution in [0.5, 0.6) is 0 Å². The quantitative estimate of drug-likeness (QED) is 0.146. The molecule has 1 fully saturated rings. The molecule has 0 aromatic heterocycles. The number of benzene rings is 1. The highest BCUT2D eigenvalue weighted by Gasteiger charge is 2.26. The van der Waals surface area contributed by atoms with Crippen molar-refractivity contribution >= 4 is 23.9 Å². The number of carbonyl (C=O) groups is 1. The summed E-state index contributed by atoms with van der Waals surface area (Å²) in [4.78, 5) is 17.1. The van der Waals surface area contributed by atoms with Crippen LogP contribution in [-0.2, 0) is 11.2 Å². The predicted molar refractivity (Wildman–Crippen MR) is 152 cm³/mol. The summed E-state index contributed by atoms with van der Waals surface area (Å²) in [5, 5.41) is 13.0. The van der Waals surface area contributed by atoms with E-state index in [4.69, 9.17) is 11.5 Å². The van der Waals surface area contributed by atoms with Crippen molar-refractivity contribution in [3.63, 3.8) is 0 Å². The van der Waals surface area contributed by atoms with Gasteiger partial charge in [-0.3, -0.25) is 9.79 Å². The molecule has 8 N–H and O–H groups in total. The molecule has 2 atom stereocenters. The highest BCUT2D eigenvalue weighted by Crippen LogP contribution is 2.34. The van der Waals surface area contributed by atoms with Gasteiger partial charge in [-0.15, -0.1) is 0 Å². The Kier molecular flexibility index (Phi) is 13.2. The van der Waals surface area contributed by atoms with Crippen LogP contribution in [0.2, 0.25) is 0 Å². The first-order valence-electron chi connectivity index (χ1n) is 13.1. The van der Waals surface area contributed by atoms with Gasteiger partial charge in [-0.05, 0) is 56.7 Å². The zero-order valence-corrected chi connectivity index (χ0v) is 23.0. The summed E-state index contributed by atoms with van der Waals surface area (Å²) < 4.78 is 28.2. The number of anilines is 1. The molecule has 9 nitrogen and oxygen atoms in total.